The molecule has 2 aromatic rings. The molecule has 0 spiro atoms. The van der Waals surface area contributed by atoms with Crippen LogP contribution in [0.25, 0.3) is 11.1 Å². The highest BCUT2D eigenvalue weighted by Gasteiger charge is 2.42. The van der Waals surface area contributed by atoms with Crippen LogP contribution in [0.15, 0.2) is 30.9 Å². The quantitative estimate of drug-likeness (QED) is 0.329. The minimum Gasteiger partial charge on any atom is -0.453 e. The van der Waals surface area contributed by atoms with Gasteiger partial charge < -0.3 is 10.1 Å². The van der Waals surface area contributed by atoms with Crippen LogP contribution in [0.3, 0.4) is 0 Å². The smallest absolute Gasteiger partial charge is 0.410 e. The Morgan fingerprint density at radius 3 is 2.00 bits per heavy atom. The monoisotopic (exact) mass is 537 g/mol. The molecule has 1 N–H and O–H groups in total. The molecule has 0 saturated heterocycles. The number of hydrogen-bond donors (Lipinski definition) is 1. The lowest BCUT2D eigenvalue weighted by molar-refractivity contribution is -0.121. The van der Waals surface area contributed by atoms with Crippen LogP contribution in [-0.2, 0) is 9.53 Å². The first-order chi connectivity index (χ1) is 17.7. The van der Waals surface area contributed by atoms with Crippen LogP contribution in [0.2, 0.25) is 16.6 Å². The third kappa shape index (κ3) is 6.78. The van der Waals surface area contributed by atoms with Gasteiger partial charge in [0.15, 0.2) is 0 Å². The van der Waals surface area contributed by atoms with Crippen molar-refractivity contribution in [2.24, 2.45) is 0 Å². The molecule has 0 aliphatic heterocycles. The highest BCUT2D eigenvalue weighted by molar-refractivity contribution is 6.90. The molecule has 1 unspecified atom stereocenters. The fraction of sp³-hybridized carbons (Fsp3) is 0.552. The van der Waals surface area contributed by atoms with Crippen molar-refractivity contribution in [3.8, 4) is 22.6 Å². The molecular formula is C29H43N5O3Si. The first kappa shape index (κ1) is 31.0. The van der Waals surface area contributed by atoms with Crippen LogP contribution >= 0.6 is 0 Å². The van der Waals surface area contributed by atoms with Gasteiger partial charge in [0.1, 0.15) is 32.0 Å². The Kier molecular flexibility index (Phi) is 10.2. The van der Waals surface area contributed by atoms with Gasteiger partial charge in [0, 0.05) is 29.1 Å². The summed E-state index contributed by atoms with van der Waals surface area (Å²) in [5, 5.41) is 2.87. The lowest BCUT2D eigenvalue weighted by Crippen LogP contribution is -2.54. The fourth-order valence-electron chi connectivity index (χ4n) is 5.35. The number of methoxy groups -OCH3 is 1. The molecule has 2 heterocycles. The summed E-state index contributed by atoms with van der Waals surface area (Å²) in [5.74, 6) is 3.41. The second-order valence-corrected chi connectivity index (χ2v) is 17.1. The lowest BCUT2D eigenvalue weighted by atomic mass is 10.0. The van der Waals surface area contributed by atoms with Gasteiger partial charge in [-0.25, -0.2) is 19.7 Å². The number of hydrogen-bond acceptors (Lipinski definition) is 6. The Morgan fingerprint density at radius 1 is 0.974 bits per heavy atom. The summed E-state index contributed by atoms with van der Waals surface area (Å²) in [6, 6.07) is 2.82. The number of aromatic nitrogens is 3. The molecule has 0 aliphatic carbocycles. The van der Waals surface area contributed by atoms with Crippen LogP contribution < -0.4 is 5.32 Å². The van der Waals surface area contributed by atoms with E-state index >= 15 is 0 Å². The predicted molar refractivity (Wildman–Crippen MR) is 155 cm³/mol. The summed E-state index contributed by atoms with van der Waals surface area (Å²) < 4.78 is 4.93. The molecule has 0 saturated carbocycles. The summed E-state index contributed by atoms with van der Waals surface area (Å²) in [4.78, 5) is 40.2. The topological polar surface area (TPSA) is 97.3 Å². The third-order valence-electron chi connectivity index (χ3n) is 7.14. The molecule has 0 aliphatic rings. The predicted octanol–water partition coefficient (Wildman–Crippen LogP) is 6.30. The van der Waals surface area contributed by atoms with Crippen LogP contribution in [-0.4, -0.2) is 58.6 Å². The first-order valence-corrected chi connectivity index (χ1v) is 15.4. The minimum absolute atomic E-state index is 0.358. The summed E-state index contributed by atoms with van der Waals surface area (Å²) in [6.45, 7) is 20.8. The fourth-order valence-corrected chi connectivity index (χ4v) is 10.6. The number of nitrogens with zero attached hydrogens (tertiary/aromatic N) is 4. The van der Waals surface area contributed by atoms with E-state index in [9.17, 15) is 9.59 Å². The number of amides is 2. The maximum absolute atomic E-state index is 13.2. The average molecular weight is 538 g/mol. The Morgan fingerprint density at radius 2 is 1.53 bits per heavy atom. The van der Waals surface area contributed by atoms with E-state index in [1.165, 1.54) is 18.3 Å². The number of nitrogens with one attached hydrogen (secondary N) is 1. The lowest BCUT2D eigenvalue weighted by Gasteiger charge is -2.38. The number of rotatable bonds is 7. The molecule has 2 aromatic heterocycles. The van der Waals surface area contributed by atoms with Crippen molar-refractivity contribution in [1.82, 2.24) is 19.9 Å². The number of carbonyl (C=O) groups excluding carboxylic acids is 2. The van der Waals surface area contributed by atoms with Crippen molar-refractivity contribution in [3.63, 3.8) is 0 Å². The van der Waals surface area contributed by atoms with E-state index in [4.69, 9.17) is 9.72 Å². The Bertz CT molecular complexity index is 1160. The van der Waals surface area contributed by atoms with E-state index in [2.05, 4.69) is 68.3 Å². The summed E-state index contributed by atoms with van der Waals surface area (Å²) in [7, 11) is -0.727. The zero-order valence-electron chi connectivity index (χ0n) is 24.7. The molecule has 206 valence electrons. The summed E-state index contributed by atoms with van der Waals surface area (Å²) in [6.07, 6.45) is 4.36. The molecule has 38 heavy (non-hydrogen) atoms. The zero-order valence-corrected chi connectivity index (χ0v) is 25.7. The van der Waals surface area contributed by atoms with Crippen LogP contribution in [0.1, 0.15) is 74.9 Å². The van der Waals surface area contributed by atoms with E-state index < -0.39 is 25.7 Å². The molecular weight excluding hydrogens is 494 g/mol. The van der Waals surface area contributed by atoms with Gasteiger partial charge in [-0.2, -0.15) is 0 Å². The van der Waals surface area contributed by atoms with E-state index in [1.807, 2.05) is 26.8 Å². The SMILES string of the molecule is COC(=O)N(C(C)C(=O)Nc1ccc(-c2cncnc2)c(C#C[Si](C(C)C)(C(C)C)C(C)C)n1)C(C)(C)C. The Labute approximate surface area is 229 Å². The van der Waals surface area contributed by atoms with E-state index in [-0.39, 0.29) is 5.91 Å². The maximum atomic E-state index is 13.2. The second-order valence-electron chi connectivity index (χ2n) is 11.5. The van der Waals surface area contributed by atoms with Crippen LogP contribution in [0.4, 0.5) is 10.6 Å². The van der Waals surface area contributed by atoms with Crippen molar-refractivity contribution >= 4 is 25.9 Å². The van der Waals surface area contributed by atoms with Crippen molar-refractivity contribution in [2.75, 3.05) is 12.4 Å². The Balaban J connectivity index is 2.58. The molecule has 0 bridgehead atoms. The van der Waals surface area contributed by atoms with Crippen molar-refractivity contribution in [2.45, 2.75) is 97.4 Å². The second kappa shape index (κ2) is 12.5. The number of carbonyl (C=O) groups is 2. The molecule has 2 rings (SSSR count). The Hall–Kier alpha value is -3.25. The molecule has 9 heteroatoms. The molecule has 1 atom stereocenters. The van der Waals surface area contributed by atoms with Gasteiger partial charge in [0.2, 0.25) is 5.91 Å². The molecule has 8 nitrogen and oxygen atoms in total. The van der Waals surface area contributed by atoms with Gasteiger partial charge in [-0.3, -0.25) is 9.69 Å². The zero-order chi connectivity index (χ0) is 28.8. The average Bonchev–Trinajstić information content (AvgIpc) is 2.83. The van der Waals surface area contributed by atoms with Gasteiger partial charge in [-0.15, -0.1) is 5.54 Å². The summed E-state index contributed by atoms with van der Waals surface area (Å²) >= 11 is 0. The molecule has 2 amide bonds. The van der Waals surface area contributed by atoms with Crippen molar-refractivity contribution in [1.29, 1.82) is 0 Å². The number of anilines is 1. The van der Waals surface area contributed by atoms with Gasteiger partial charge in [-0.1, -0.05) is 47.5 Å². The maximum Gasteiger partial charge on any atom is 0.410 e. The number of pyridine rings is 1. The highest BCUT2D eigenvalue weighted by atomic mass is 28.3. The van der Waals surface area contributed by atoms with Crippen LogP contribution in [0, 0.1) is 11.5 Å². The van der Waals surface area contributed by atoms with E-state index in [1.54, 1.807) is 25.4 Å². The van der Waals surface area contributed by atoms with Gasteiger partial charge in [0.25, 0.3) is 0 Å². The third-order valence-corrected chi connectivity index (χ3v) is 13.4. The first-order valence-electron chi connectivity index (χ1n) is 13.1. The normalized spacial score (nSPS) is 12.7. The molecule has 0 radical (unpaired) electrons. The van der Waals surface area contributed by atoms with Crippen LogP contribution in [0.5, 0.6) is 0 Å². The van der Waals surface area contributed by atoms with Crippen molar-refractivity contribution < 1.29 is 14.3 Å². The van der Waals surface area contributed by atoms with E-state index in [0.29, 0.717) is 28.1 Å². The standard InChI is InChI=1S/C29H43N5O3Si/c1-19(2)38(20(3)4,21(5)6)15-14-25-24(23-16-30-18-31-17-23)12-13-26(32-25)33-27(35)22(7)34(28(36)37-11)29(8,9)10/h12-13,16-22H,1-11H3,(H,32,33,35). The molecule has 0 fully saturated rings. The van der Waals surface area contributed by atoms with Gasteiger partial charge >= 0.3 is 6.09 Å². The molecule has 0 aromatic carbocycles. The highest BCUT2D eigenvalue weighted by Crippen LogP contribution is 2.41. The minimum atomic E-state index is -2.03. The van der Waals surface area contributed by atoms with Gasteiger partial charge in [-0.05, 0) is 56.5 Å². The van der Waals surface area contributed by atoms with Crippen molar-refractivity contribution in [3.05, 3.63) is 36.5 Å². The number of ether oxygens (including phenoxy) is 1. The summed E-state index contributed by atoms with van der Waals surface area (Å²) in [5.41, 5.74) is 6.65. The largest absolute Gasteiger partial charge is 0.453 e. The van der Waals surface area contributed by atoms with E-state index in [0.717, 1.165) is 11.1 Å². The van der Waals surface area contributed by atoms with Gasteiger partial charge in [0.05, 0.1) is 7.11 Å².